The van der Waals surface area contributed by atoms with Crippen LogP contribution >= 0.6 is 0 Å². The molecule has 1 saturated carbocycles. The molecule has 0 aliphatic heterocycles. The summed E-state index contributed by atoms with van der Waals surface area (Å²) in [5.41, 5.74) is 2.38. The number of esters is 1. The van der Waals surface area contributed by atoms with Crippen LogP contribution in [0, 0.1) is 12.8 Å². The van der Waals surface area contributed by atoms with Crippen molar-refractivity contribution in [2.75, 3.05) is 6.61 Å². The molecule has 2 nitrogen and oxygen atoms in total. The molecule has 84 valence electrons. The van der Waals surface area contributed by atoms with Crippen LogP contribution in [0.4, 0.5) is 0 Å². The molecule has 0 unspecified atom stereocenters. The number of hydrogen-bond acceptors (Lipinski definition) is 2. The first-order valence-corrected chi connectivity index (χ1v) is 5.65. The standard InChI is InChI=1S/C14H16O2/c1-11-4-6-12(7-5-11)3-2-10-16-14(15)13-8-9-13/h2-7,13H,8-10H2,1H3. The first kappa shape index (κ1) is 10.9. The molecule has 0 radical (unpaired) electrons. The van der Waals surface area contributed by atoms with E-state index in [0.29, 0.717) is 6.61 Å². The van der Waals surface area contributed by atoms with Crippen molar-refractivity contribution in [3.8, 4) is 0 Å². The van der Waals surface area contributed by atoms with Gasteiger partial charge in [-0.25, -0.2) is 0 Å². The van der Waals surface area contributed by atoms with Gasteiger partial charge in [0, 0.05) is 0 Å². The normalized spacial score (nSPS) is 15.3. The molecule has 0 aromatic heterocycles. The molecule has 0 N–H and O–H groups in total. The van der Waals surface area contributed by atoms with Gasteiger partial charge in [-0.2, -0.15) is 0 Å². The Morgan fingerprint density at radius 1 is 1.38 bits per heavy atom. The van der Waals surface area contributed by atoms with Crippen molar-refractivity contribution < 1.29 is 9.53 Å². The van der Waals surface area contributed by atoms with Crippen molar-refractivity contribution in [2.24, 2.45) is 5.92 Å². The van der Waals surface area contributed by atoms with Crippen LogP contribution in [-0.2, 0) is 9.53 Å². The monoisotopic (exact) mass is 216 g/mol. The van der Waals surface area contributed by atoms with Gasteiger partial charge in [0.1, 0.15) is 6.61 Å². The van der Waals surface area contributed by atoms with E-state index in [0.717, 1.165) is 18.4 Å². The van der Waals surface area contributed by atoms with Gasteiger partial charge in [-0.15, -0.1) is 0 Å². The van der Waals surface area contributed by atoms with Crippen LogP contribution < -0.4 is 0 Å². The Balaban J connectivity index is 1.76. The lowest BCUT2D eigenvalue weighted by atomic mass is 10.1. The molecule has 1 aliphatic carbocycles. The summed E-state index contributed by atoms with van der Waals surface area (Å²) in [6.45, 7) is 2.44. The van der Waals surface area contributed by atoms with E-state index < -0.39 is 0 Å². The average Bonchev–Trinajstić information content (AvgIpc) is 3.10. The summed E-state index contributed by atoms with van der Waals surface area (Å²) in [5.74, 6) is 0.140. The van der Waals surface area contributed by atoms with Gasteiger partial charge < -0.3 is 4.74 Å². The summed E-state index contributed by atoms with van der Waals surface area (Å²) in [6.07, 6.45) is 5.85. The first-order chi connectivity index (χ1) is 7.75. The fraction of sp³-hybridized carbons (Fsp3) is 0.357. The Kier molecular flexibility index (Phi) is 3.40. The maximum absolute atomic E-state index is 11.2. The highest BCUT2D eigenvalue weighted by molar-refractivity contribution is 5.75. The van der Waals surface area contributed by atoms with Gasteiger partial charge in [-0.3, -0.25) is 4.79 Å². The number of ether oxygens (including phenoxy) is 1. The number of benzene rings is 1. The maximum atomic E-state index is 11.2. The highest BCUT2D eigenvalue weighted by atomic mass is 16.5. The topological polar surface area (TPSA) is 26.3 Å². The number of rotatable bonds is 4. The van der Waals surface area contributed by atoms with Gasteiger partial charge >= 0.3 is 5.97 Å². The van der Waals surface area contributed by atoms with E-state index in [-0.39, 0.29) is 11.9 Å². The van der Waals surface area contributed by atoms with Crippen molar-refractivity contribution in [3.05, 3.63) is 41.5 Å². The van der Waals surface area contributed by atoms with E-state index in [1.165, 1.54) is 5.56 Å². The third kappa shape index (κ3) is 3.23. The van der Waals surface area contributed by atoms with Gasteiger partial charge in [0.05, 0.1) is 5.92 Å². The molecule has 1 aliphatic rings. The minimum absolute atomic E-state index is 0.0476. The van der Waals surface area contributed by atoms with Crippen LogP contribution in [0.25, 0.3) is 6.08 Å². The second-order valence-electron chi connectivity index (χ2n) is 4.22. The zero-order valence-electron chi connectivity index (χ0n) is 9.48. The SMILES string of the molecule is Cc1ccc(C=CCOC(=O)C2CC2)cc1. The van der Waals surface area contributed by atoms with Crippen molar-refractivity contribution in [1.29, 1.82) is 0 Å². The highest BCUT2D eigenvalue weighted by Crippen LogP contribution is 2.29. The zero-order chi connectivity index (χ0) is 11.4. The quantitative estimate of drug-likeness (QED) is 0.723. The summed E-state index contributed by atoms with van der Waals surface area (Å²) in [5, 5.41) is 0. The average molecular weight is 216 g/mol. The summed E-state index contributed by atoms with van der Waals surface area (Å²) >= 11 is 0. The molecule has 0 amide bonds. The number of carbonyl (C=O) groups is 1. The predicted molar refractivity (Wildman–Crippen MR) is 63.9 cm³/mol. The molecular formula is C14H16O2. The molecule has 2 rings (SSSR count). The molecule has 0 spiro atoms. The van der Waals surface area contributed by atoms with Crippen LogP contribution in [0.3, 0.4) is 0 Å². The van der Waals surface area contributed by atoms with Crippen molar-refractivity contribution in [1.82, 2.24) is 0 Å². The van der Waals surface area contributed by atoms with E-state index in [4.69, 9.17) is 4.74 Å². The molecule has 1 fully saturated rings. The van der Waals surface area contributed by atoms with Gasteiger partial charge in [0.25, 0.3) is 0 Å². The van der Waals surface area contributed by atoms with E-state index >= 15 is 0 Å². The molecule has 0 bridgehead atoms. The smallest absolute Gasteiger partial charge is 0.309 e. The number of carbonyl (C=O) groups excluding carboxylic acids is 1. The van der Waals surface area contributed by atoms with Gasteiger partial charge in [-0.05, 0) is 31.4 Å². The lowest BCUT2D eigenvalue weighted by molar-refractivity contribution is -0.143. The molecule has 2 heteroatoms. The predicted octanol–water partition coefficient (Wildman–Crippen LogP) is 2.96. The molecule has 1 aromatic rings. The van der Waals surface area contributed by atoms with Gasteiger partial charge in [-0.1, -0.05) is 35.9 Å². The third-order valence-electron chi connectivity index (χ3n) is 2.62. The Morgan fingerprint density at radius 3 is 2.69 bits per heavy atom. The Morgan fingerprint density at radius 2 is 2.06 bits per heavy atom. The fourth-order valence-corrected chi connectivity index (χ4v) is 1.43. The van der Waals surface area contributed by atoms with Crippen LogP contribution in [0.2, 0.25) is 0 Å². The Hall–Kier alpha value is -1.57. The molecule has 0 saturated heterocycles. The highest BCUT2D eigenvalue weighted by Gasteiger charge is 2.30. The minimum atomic E-state index is -0.0476. The second-order valence-corrected chi connectivity index (χ2v) is 4.22. The molecule has 16 heavy (non-hydrogen) atoms. The summed E-state index contributed by atoms with van der Waals surface area (Å²) in [6, 6.07) is 8.23. The summed E-state index contributed by atoms with van der Waals surface area (Å²) < 4.78 is 5.09. The van der Waals surface area contributed by atoms with E-state index in [2.05, 4.69) is 31.2 Å². The van der Waals surface area contributed by atoms with Crippen molar-refractivity contribution >= 4 is 12.0 Å². The lowest BCUT2D eigenvalue weighted by Crippen LogP contribution is -2.05. The van der Waals surface area contributed by atoms with E-state index in [1.54, 1.807) is 0 Å². The minimum Gasteiger partial charge on any atom is -0.461 e. The fourth-order valence-electron chi connectivity index (χ4n) is 1.43. The number of hydrogen-bond donors (Lipinski definition) is 0. The van der Waals surface area contributed by atoms with Crippen LogP contribution in [-0.4, -0.2) is 12.6 Å². The zero-order valence-corrected chi connectivity index (χ0v) is 9.48. The Bertz CT molecular complexity index is 386. The summed E-state index contributed by atoms with van der Waals surface area (Å²) in [7, 11) is 0. The first-order valence-electron chi connectivity index (χ1n) is 5.65. The number of aryl methyl sites for hydroxylation is 1. The second kappa shape index (κ2) is 4.97. The third-order valence-corrected chi connectivity index (χ3v) is 2.62. The summed E-state index contributed by atoms with van der Waals surface area (Å²) in [4.78, 5) is 11.2. The molecular weight excluding hydrogens is 200 g/mol. The van der Waals surface area contributed by atoms with Gasteiger partial charge in [0.15, 0.2) is 0 Å². The van der Waals surface area contributed by atoms with Crippen molar-refractivity contribution in [2.45, 2.75) is 19.8 Å². The van der Waals surface area contributed by atoms with Gasteiger partial charge in [0.2, 0.25) is 0 Å². The van der Waals surface area contributed by atoms with E-state index in [1.807, 2.05) is 12.2 Å². The maximum Gasteiger partial charge on any atom is 0.309 e. The molecule has 0 atom stereocenters. The largest absolute Gasteiger partial charge is 0.461 e. The van der Waals surface area contributed by atoms with Crippen molar-refractivity contribution in [3.63, 3.8) is 0 Å². The molecule has 1 aromatic carbocycles. The van der Waals surface area contributed by atoms with Crippen LogP contribution in [0.15, 0.2) is 30.3 Å². The van der Waals surface area contributed by atoms with E-state index in [9.17, 15) is 4.79 Å². The molecule has 0 heterocycles. The van der Waals surface area contributed by atoms with Crippen LogP contribution in [0.5, 0.6) is 0 Å². The lowest BCUT2D eigenvalue weighted by Gasteiger charge is -1.99. The Labute approximate surface area is 95.9 Å². The van der Waals surface area contributed by atoms with Crippen LogP contribution in [0.1, 0.15) is 24.0 Å².